The standard InChI is InChI=1S/C17H19N7O/c1-12(25)23-10-16(11-23)24-8-14(6-20-24)13-3-4-18-17(5-13)21-15-7-19-22(2)9-15/h3-9,16H,10-11H2,1-2H3,(H,18,21). The second-order valence-electron chi connectivity index (χ2n) is 6.24. The van der Waals surface area contributed by atoms with Crippen LogP contribution in [-0.4, -0.2) is 48.4 Å². The van der Waals surface area contributed by atoms with E-state index in [2.05, 4.69) is 20.5 Å². The van der Waals surface area contributed by atoms with Crippen LogP contribution in [0.4, 0.5) is 11.5 Å². The molecular weight excluding hydrogens is 318 g/mol. The van der Waals surface area contributed by atoms with Gasteiger partial charge in [-0.1, -0.05) is 0 Å². The number of hydrogen-bond donors (Lipinski definition) is 1. The number of aryl methyl sites for hydroxylation is 1. The number of amides is 1. The van der Waals surface area contributed by atoms with Gasteiger partial charge < -0.3 is 10.2 Å². The lowest BCUT2D eigenvalue weighted by Crippen LogP contribution is -2.49. The zero-order valence-electron chi connectivity index (χ0n) is 14.1. The first-order valence-electron chi connectivity index (χ1n) is 8.10. The first-order valence-corrected chi connectivity index (χ1v) is 8.10. The maximum absolute atomic E-state index is 11.3. The number of carbonyl (C=O) groups is 1. The number of aromatic nitrogens is 5. The van der Waals surface area contributed by atoms with Crippen molar-refractivity contribution in [1.82, 2.24) is 29.4 Å². The number of carbonyl (C=O) groups excluding carboxylic acids is 1. The highest BCUT2D eigenvalue weighted by molar-refractivity contribution is 5.74. The van der Waals surface area contributed by atoms with E-state index in [-0.39, 0.29) is 11.9 Å². The maximum Gasteiger partial charge on any atom is 0.219 e. The van der Waals surface area contributed by atoms with Gasteiger partial charge in [0.15, 0.2) is 0 Å². The van der Waals surface area contributed by atoms with E-state index in [1.54, 1.807) is 24.0 Å². The summed E-state index contributed by atoms with van der Waals surface area (Å²) in [5.41, 5.74) is 2.95. The lowest BCUT2D eigenvalue weighted by Gasteiger charge is -2.38. The van der Waals surface area contributed by atoms with Crippen molar-refractivity contribution in [3.8, 4) is 11.1 Å². The van der Waals surface area contributed by atoms with E-state index >= 15 is 0 Å². The molecule has 0 unspecified atom stereocenters. The third-order valence-corrected chi connectivity index (χ3v) is 4.35. The molecule has 0 saturated carbocycles. The fourth-order valence-corrected chi connectivity index (χ4v) is 2.88. The van der Waals surface area contributed by atoms with Crippen molar-refractivity contribution in [2.75, 3.05) is 18.4 Å². The molecule has 0 aromatic carbocycles. The Labute approximate surface area is 145 Å². The Hall–Kier alpha value is -3.16. The zero-order chi connectivity index (χ0) is 17.4. The van der Waals surface area contributed by atoms with Gasteiger partial charge >= 0.3 is 0 Å². The molecule has 1 fully saturated rings. The Kier molecular flexibility index (Phi) is 3.72. The van der Waals surface area contributed by atoms with Gasteiger partial charge in [0.2, 0.25) is 5.91 Å². The van der Waals surface area contributed by atoms with Gasteiger partial charge in [0.1, 0.15) is 5.82 Å². The second-order valence-corrected chi connectivity index (χ2v) is 6.24. The number of nitrogens with one attached hydrogen (secondary N) is 1. The van der Waals surface area contributed by atoms with Crippen LogP contribution in [0.1, 0.15) is 13.0 Å². The Morgan fingerprint density at radius 2 is 2.04 bits per heavy atom. The molecule has 4 rings (SSSR count). The average Bonchev–Trinajstić information content (AvgIpc) is 3.15. The molecule has 3 aromatic heterocycles. The Morgan fingerprint density at radius 1 is 1.20 bits per heavy atom. The summed E-state index contributed by atoms with van der Waals surface area (Å²) in [7, 11) is 1.87. The number of rotatable bonds is 4. The van der Waals surface area contributed by atoms with E-state index in [9.17, 15) is 4.79 Å². The van der Waals surface area contributed by atoms with E-state index in [1.807, 2.05) is 47.4 Å². The van der Waals surface area contributed by atoms with Crippen molar-refractivity contribution in [2.24, 2.45) is 7.05 Å². The van der Waals surface area contributed by atoms with E-state index in [1.165, 1.54) is 0 Å². The molecule has 128 valence electrons. The molecule has 1 saturated heterocycles. The molecule has 1 amide bonds. The second kappa shape index (κ2) is 6.04. The third-order valence-electron chi connectivity index (χ3n) is 4.35. The van der Waals surface area contributed by atoms with Gasteiger partial charge in [0.25, 0.3) is 0 Å². The molecule has 0 bridgehead atoms. The quantitative estimate of drug-likeness (QED) is 0.785. The summed E-state index contributed by atoms with van der Waals surface area (Å²) in [6, 6.07) is 4.20. The lowest BCUT2D eigenvalue weighted by atomic mass is 10.1. The molecular formula is C17H19N7O. The first-order chi connectivity index (χ1) is 12.1. The first kappa shape index (κ1) is 15.4. The summed E-state index contributed by atoms with van der Waals surface area (Å²) in [5, 5.41) is 11.8. The minimum atomic E-state index is 0.115. The summed E-state index contributed by atoms with van der Waals surface area (Å²) in [6.45, 7) is 3.04. The highest BCUT2D eigenvalue weighted by Crippen LogP contribution is 2.26. The van der Waals surface area contributed by atoms with Crippen molar-refractivity contribution in [3.05, 3.63) is 43.1 Å². The van der Waals surface area contributed by atoms with Gasteiger partial charge in [0, 0.05) is 51.2 Å². The van der Waals surface area contributed by atoms with Crippen molar-refractivity contribution in [2.45, 2.75) is 13.0 Å². The highest BCUT2D eigenvalue weighted by Gasteiger charge is 2.30. The number of likely N-dealkylation sites (tertiary alicyclic amines) is 1. The van der Waals surface area contributed by atoms with Gasteiger partial charge in [0.05, 0.1) is 24.1 Å². The van der Waals surface area contributed by atoms with Gasteiger partial charge in [-0.15, -0.1) is 0 Å². The van der Waals surface area contributed by atoms with Crippen molar-refractivity contribution in [3.63, 3.8) is 0 Å². The fraction of sp³-hybridized carbons (Fsp3) is 0.294. The van der Waals surface area contributed by atoms with Crippen LogP contribution in [0.15, 0.2) is 43.1 Å². The number of anilines is 2. The largest absolute Gasteiger partial charge is 0.339 e. The van der Waals surface area contributed by atoms with Crippen LogP contribution in [0.3, 0.4) is 0 Å². The lowest BCUT2D eigenvalue weighted by molar-refractivity contribution is -0.134. The van der Waals surface area contributed by atoms with Crippen molar-refractivity contribution in [1.29, 1.82) is 0 Å². The molecule has 0 radical (unpaired) electrons. The fourth-order valence-electron chi connectivity index (χ4n) is 2.88. The highest BCUT2D eigenvalue weighted by atomic mass is 16.2. The van der Waals surface area contributed by atoms with Crippen LogP contribution in [0.2, 0.25) is 0 Å². The van der Waals surface area contributed by atoms with Crippen LogP contribution in [0.25, 0.3) is 11.1 Å². The number of nitrogens with zero attached hydrogens (tertiary/aromatic N) is 6. The topological polar surface area (TPSA) is 80.9 Å². The summed E-state index contributed by atoms with van der Waals surface area (Å²) >= 11 is 0. The molecule has 0 spiro atoms. The molecule has 3 aromatic rings. The van der Waals surface area contributed by atoms with Gasteiger partial charge in [-0.2, -0.15) is 10.2 Å². The molecule has 1 aliphatic heterocycles. The minimum Gasteiger partial charge on any atom is -0.339 e. The molecule has 8 nitrogen and oxygen atoms in total. The normalized spacial score (nSPS) is 14.4. The van der Waals surface area contributed by atoms with Crippen LogP contribution in [0.5, 0.6) is 0 Å². The molecule has 4 heterocycles. The summed E-state index contributed by atoms with van der Waals surface area (Å²) < 4.78 is 3.67. The van der Waals surface area contributed by atoms with Crippen LogP contribution in [-0.2, 0) is 11.8 Å². The average molecular weight is 337 g/mol. The molecule has 25 heavy (non-hydrogen) atoms. The van der Waals surface area contributed by atoms with Gasteiger partial charge in [-0.3, -0.25) is 14.2 Å². The smallest absolute Gasteiger partial charge is 0.219 e. The Bertz CT molecular complexity index is 907. The van der Waals surface area contributed by atoms with Crippen LogP contribution in [0, 0.1) is 0 Å². The summed E-state index contributed by atoms with van der Waals surface area (Å²) in [4.78, 5) is 17.5. The maximum atomic E-state index is 11.3. The van der Waals surface area contributed by atoms with E-state index in [0.717, 1.165) is 35.7 Å². The SMILES string of the molecule is CC(=O)N1CC(n2cc(-c3ccnc(Nc4cnn(C)c4)c3)cn2)C1. The van der Waals surface area contributed by atoms with Gasteiger partial charge in [-0.25, -0.2) is 4.98 Å². The molecule has 1 aliphatic rings. The molecule has 0 aliphatic carbocycles. The number of hydrogen-bond acceptors (Lipinski definition) is 5. The van der Waals surface area contributed by atoms with Crippen LogP contribution >= 0.6 is 0 Å². The van der Waals surface area contributed by atoms with E-state index < -0.39 is 0 Å². The van der Waals surface area contributed by atoms with Crippen LogP contribution < -0.4 is 5.32 Å². The third kappa shape index (κ3) is 3.10. The monoisotopic (exact) mass is 337 g/mol. The predicted octanol–water partition coefficient (Wildman–Crippen LogP) is 1.83. The van der Waals surface area contributed by atoms with Crippen molar-refractivity contribution >= 4 is 17.4 Å². The Balaban J connectivity index is 1.49. The molecule has 0 atom stereocenters. The predicted molar refractivity (Wildman–Crippen MR) is 93.2 cm³/mol. The summed E-state index contributed by atoms with van der Waals surface area (Å²) in [6.07, 6.45) is 9.28. The zero-order valence-corrected chi connectivity index (χ0v) is 14.1. The molecule has 1 N–H and O–H groups in total. The van der Waals surface area contributed by atoms with Gasteiger partial charge in [-0.05, 0) is 17.7 Å². The minimum absolute atomic E-state index is 0.115. The van der Waals surface area contributed by atoms with E-state index in [0.29, 0.717) is 0 Å². The Morgan fingerprint density at radius 3 is 2.76 bits per heavy atom. The van der Waals surface area contributed by atoms with E-state index in [4.69, 9.17) is 0 Å². The summed E-state index contributed by atoms with van der Waals surface area (Å²) in [5.74, 6) is 0.869. The molecule has 8 heteroatoms. The van der Waals surface area contributed by atoms with Crippen molar-refractivity contribution < 1.29 is 4.79 Å². The number of pyridine rings is 1.